The van der Waals surface area contributed by atoms with E-state index in [2.05, 4.69) is 25.8 Å². The van der Waals surface area contributed by atoms with Gasteiger partial charge in [0.1, 0.15) is 5.75 Å². The summed E-state index contributed by atoms with van der Waals surface area (Å²) in [6.07, 6.45) is 2.02. The van der Waals surface area contributed by atoms with Crippen LogP contribution in [0.15, 0.2) is 24.4 Å². The summed E-state index contributed by atoms with van der Waals surface area (Å²) in [4.78, 5) is 3.21. The molecule has 2 aromatic rings. The van der Waals surface area contributed by atoms with Crippen molar-refractivity contribution in [2.45, 2.75) is 26.2 Å². The monoisotopic (exact) mass is 189 g/mol. The number of hydrogen-bond acceptors (Lipinski definition) is 1. The maximum absolute atomic E-state index is 9.42. The summed E-state index contributed by atoms with van der Waals surface area (Å²) in [5, 5.41) is 10.5. The Labute approximate surface area is 83.6 Å². The van der Waals surface area contributed by atoms with Crippen molar-refractivity contribution in [3.05, 3.63) is 30.0 Å². The quantitative estimate of drug-likeness (QED) is 0.656. The fraction of sp³-hybridized carbons (Fsp3) is 0.333. The van der Waals surface area contributed by atoms with Gasteiger partial charge < -0.3 is 10.1 Å². The molecule has 0 aliphatic rings. The molecule has 1 aromatic carbocycles. The van der Waals surface area contributed by atoms with Crippen molar-refractivity contribution in [3.63, 3.8) is 0 Å². The van der Waals surface area contributed by atoms with Crippen LogP contribution < -0.4 is 0 Å². The minimum absolute atomic E-state index is 0.103. The summed E-state index contributed by atoms with van der Waals surface area (Å²) in [6, 6.07) is 5.41. The van der Waals surface area contributed by atoms with E-state index < -0.39 is 0 Å². The Hall–Kier alpha value is -1.44. The first-order chi connectivity index (χ1) is 6.48. The largest absolute Gasteiger partial charge is 0.508 e. The van der Waals surface area contributed by atoms with E-state index in [0.29, 0.717) is 5.75 Å². The molecule has 0 unspecified atom stereocenters. The maximum Gasteiger partial charge on any atom is 0.116 e. The molecule has 14 heavy (non-hydrogen) atoms. The summed E-state index contributed by atoms with van der Waals surface area (Å²) in [5.74, 6) is 0.322. The predicted molar refractivity (Wildman–Crippen MR) is 58.7 cm³/mol. The molecule has 0 saturated heterocycles. The smallest absolute Gasteiger partial charge is 0.116 e. The van der Waals surface area contributed by atoms with Crippen LogP contribution in [-0.2, 0) is 5.41 Å². The Bertz CT molecular complexity index is 463. The van der Waals surface area contributed by atoms with E-state index >= 15 is 0 Å². The number of hydrogen-bond donors (Lipinski definition) is 2. The third-order valence-electron chi connectivity index (χ3n) is 2.47. The van der Waals surface area contributed by atoms with Gasteiger partial charge in [-0.2, -0.15) is 0 Å². The van der Waals surface area contributed by atoms with Gasteiger partial charge in [-0.05, 0) is 29.2 Å². The molecule has 0 amide bonds. The summed E-state index contributed by atoms with van der Waals surface area (Å²) in [7, 11) is 0. The maximum atomic E-state index is 9.42. The predicted octanol–water partition coefficient (Wildman–Crippen LogP) is 3.17. The number of aromatic hydroxyl groups is 1. The third-order valence-corrected chi connectivity index (χ3v) is 2.47. The fourth-order valence-electron chi connectivity index (χ4n) is 1.73. The van der Waals surface area contributed by atoms with Crippen LogP contribution in [0.25, 0.3) is 10.9 Å². The number of H-pyrrole nitrogens is 1. The van der Waals surface area contributed by atoms with Crippen LogP contribution in [0.1, 0.15) is 26.3 Å². The third kappa shape index (κ3) is 1.37. The Balaban J connectivity index is 2.73. The topological polar surface area (TPSA) is 36.0 Å². The Kier molecular flexibility index (Phi) is 1.81. The van der Waals surface area contributed by atoms with Gasteiger partial charge in [-0.25, -0.2) is 0 Å². The highest BCUT2D eigenvalue weighted by atomic mass is 16.3. The number of rotatable bonds is 0. The molecule has 1 aromatic heterocycles. The normalized spacial score (nSPS) is 12.2. The van der Waals surface area contributed by atoms with Gasteiger partial charge in [0, 0.05) is 17.1 Å². The lowest BCUT2D eigenvalue weighted by Gasteiger charge is -2.17. The molecule has 2 heteroatoms. The Morgan fingerprint density at radius 3 is 2.57 bits per heavy atom. The summed E-state index contributed by atoms with van der Waals surface area (Å²) in [5.41, 5.74) is 2.42. The second-order valence-corrected chi connectivity index (χ2v) is 4.68. The number of fused-ring (bicyclic) bond motifs is 1. The zero-order valence-corrected chi connectivity index (χ0v) is 8.76. The summed E-state index contributed by atoms with van der Waals surface area (Å²) < 4.78 is 0. The van der Waals surface area contributed by atoms with Crippen LogP contribution in [0, 0.1) is 0 Å². The molecule has 2 nitrogen and oxygen atoms in total. The van der Waals surface area contributed by atoms with Crippen LogP contribution in [0.2, 0.25) is 0 Å². The fourth-order valence-corrected chi connectivity index (χ4v) is 1.73. The number of aromatic nitrogens is 1. The van der Waals surface area contributed by atoms with Gasteiger partial charge in [0.2, 0.25) is 0 Å². The van der Waals surface area contributed by atoms with E-state index in [1.54, 1.807) is 6.07 Å². The second kappa shape index (κ2) is 2.77. The lowest BCUT2D eigenvalue weighted by Crippen LogP contribution is -2.09. The molecule has 0 atom stereocenters. The van der Waals surface area contributed by atoms with Crippen molar-refractivity contribution in [3.8, 4) is 5.75 Å². The van der Waals surface area contributed by atoms with Crippen LogP contribution in [0.4, 0.5) is 0 Å². The SMILES string of the molecule is CC(C)(C)c1c[nH]c2ccc(O)cc12. The van der Waals surface area contributed by atoms with Gasteiger partial charge in [-0.15, -0.1) is 0 Å². The molecule has 1 heterocycles. The van der Waals surface area contributed by atoms with E-state index in [-0.39, 0.29) is 5.41 Å². The highest BCUT2D eigenvalue weighted by molar-refractivity contribution is 5.85. The molecule has 0 saturated carbocycles. The van der Waals surface area contributed by atoms with Crippen molar-refractivity contribution < 1.29 is 5.11 Å². The first-order valence-electron chi connectivity index (χ1n) is 4.79. The van der Waals surface area contributed by atoms with E-state index in [0.717, 1.165) is 10.9 Å². The Morgan fingerprint density at radius 1 is 1.21 bits per heavy atom. The second-order valence-electron chi connectivity index (χ2n) is 4.68. The first kappa shape index (κ1) is 9.13. The van der Waals surface area contributed by atoms with Crippen molar-refractivity contribution in [2.24, 2.45) is 0 Å². The minimum Gasteiger partial charge on any atom is -0.508 e. The van der Waals surface area contributed by atoms with E-state index in [9.17, 15) is 5.11 Å². The van der Waals surface area contributed by atoms with Crippen LogP contribution in [-0.4, -0.2) is 10.1 Å². The van der Waals surface area contributed by atoms with Gasteiger partial charge in [0.15, 0.2) is 0 Å². The number of nitrogens with one attached hydrogen (secondary N) is 1. The molecular weight excluding hydrogens is 174 g/mol. The van der Waals surface area contributed by atoms with E-state index in [1.165, 1.54) is 5.56 Å². The molecule has 2 rings (SSSR count). The average Bonchev–Trinajstić information content (AvgIpc) is 2.45. The van der Waals surface area contributed by atoms with Crippen molar-refractivity contribution >= 4 is 10.9 Å². The summed E-state index contributed by atoms with van der Waals surface area (Å²) >= 11 is 0. The van der Waals surface area contributed by atoms with Crippen LogP contribution >= 0.6 is 0 Å². The highest BCUT2D eigenvalue weighted by Gasteiger charge is 2.17. The number of aromatic amines is 1. The van der Waals surface area contributed by atoms with Gasteiger partial charge in [-0.3, -0.25) is 0 Å². The molecule has 0 aliphatic heterocycles. The van der Waals surface area contributed by atoms with Crippen LogP contribution in [0.5, 0.6) is 5.75 Å². The number of phenols is 1. The average molecular weight is 189 g/mol. The van der Waals surface area contributed by atoms with Crippen molar-refractivity contribution in [1.82, 2.24) is 4.98 Å². The number of benzene rings is 1. The molecule has 0 aliphatic carbocycles. The molecule has 0 radical (unpaired) electrons. The Morgan fingerprint density at radius 2 is 1.93 bits per heavy atom. The van der Waals surface area contributed by atoms with E-state index in [4.69, 9.17) is 0 Å². The molecule has 74 valence electrons. The first-order valence-corrected chi connectivity index (χ1v) is 4.79. The van der Waals surface area contributed by atoms with Gasteiger partial charge in [0.05, 0.1) is 0 Å². The van der Waals surface area contributed by atoms with Gasteiger partial charge >= 0.3 is 0 Å². The molecule has 0 bridgehead atoms. The lowest BCUT2D eigenvalue weighted by molar-refractivity contribution is 0.476. The van der Waals surface area contributed by atoms with Gasteiger partial charge in [0.25, 0.3) is 0 Å². The minimum atomic E-state index is 0.103. The van der Waals surface area contributed by atoms with Gasteiger partial charge in [-0.1, -0.05) is 20.8 Å². The number of phenolic OH excluding ortho intramolecular Hbond substituents is 1. The van der Waals surface area contributed by atoms with Crippen molar-refractivity contribution in [1.29, 1.82) is 0 Å². The van der Waals surface area contributed by atoms with Crippen molar-refractivity contribution in [2.75, 3.05) is 0 Å². The van der Waals surface area contributed by atoms with Crippen LogP contribution in [0.3, 0.4) is 0 Å². The zero-order chi connectivity index (χ0) is 10.3. The molecular formula is C12H15NO. The molecule has 0 fully saturated rings. The standard InChI is InChI=1S/C12H15NO/c1-12(2,3)10-7-13-11-5-4-8(14)6-9(10)11/h4-7,13-14H,1-3H3. The lowest BCUT2D eigenvalue weighted by atomic mass is 9.87. The zero-order valence-electron chi connectivity index (χ0n) is 8.76. The van der Waals surface area contributed by atoms with E-state index in [1.807, 2.05) is 18.3 Å². The summed E-state index contributed by atoms with van der Waals surface area (Å²) in [6.45, 7) is 6.50. The highest BCUT2D eigenvalue weighted by Crippen LogP contribution is 2.31. The molecule has 0 spiro atoms. The molecule has 2 N–H and O–H groups in total.